The molecule has 0 aromatic heterocycles. The van der Waals surface area contributed by atoms with Gasteiger partial charge in [0.1, 0.15) is 0 Å². The summed E-state index contributed by atoms with van der Waals surface area (Å²) in [5, 5.41) is 1.14. The van der Waals surface area contributed by atoms with Crippen molar-refractivity contribution in [3.63, 3.8) is 0 Å². The van der Waals surface area contributed by atoms with Gasteiger partial charge < -0.3 is 4.74 Å². The fraction of sp³-hybridized carbons (Fsp3) is 0.800. The molecule has 2 nitrogen and oxygen atoms in total. The van der Waals surface area contributed by atoms with Gasteiger partial charge in [-0.05, 0) is 12.8 Å². The molecule has 0 N–H and O–H groups in total. The lowest BCUT2D eigenvalue weighted by molar-refractivity contribution is -0.136. The fourth-order valence-electron chi connectivity index (χ4n) is 1.82. The zero-order valence-electron chi connectivity index (χ0n) is 11.3. The monoisotopic (exact) mass is 316 g/mol. The molecular weight excluding hydrogens is 292 g/mol. The van der Waals surface area contributed by atoms with Crippen LogP contribution in [0.15, 0.2) is 0 Å². The number of halogens is 1. The topological polar surface area (TPSA) is 26.3 Å². The van der Waals surface area contributed by atoms with E-state index in [0.717, 1.165) is 18.2 Å². The average Bonchev–Trinajstić information content (AvgIpc) is 2.39. The molecule has 0 fully saturated rings. The Morgan fingerprint density at radius 1 is 0.889 bits per heavy atom. The minimum atomic E-state index is -0.543. The predicted molar refractivity (Wildman–Crippen MR) is 79.8 cm³/mol. The first-order valence-corrected chi connectivity index (χ1v) is 8.12. The van der Waals surface area contributed by atoms with Crippen molar-refractivity contribution in [2.45, 2.75) is 64.2 Å². The molecule has 0 heterocycles. The first kappa shape index (κ1) is 17.5. The van der Waals surface area contributed by atoms with Gasteiger partial charge in [-0.1, -0.05) is 67.3 Å². The maximum Gasteiger partial charge on any atom is 0.384 e. The summed E-state index contributed by atoms with van der Waals surface area (Å²) in [5.41, 5.74) is 0. The van der Waals surface area contributed by atoms with E-state index in [1.165, 1.54) is 51.4 Å². The predicted octanol–water partition coefficient (Wildman–Crippen LogP) is 4.46. The third-order valence-electron chi connectivity index (χ3n) is 2.88. The van der Waals surface area contributed by atoms with Crippen molar-refractivity contribution in [2.24, 2.45) is 0 Å². The lowest BCUT2D eigenvalue weighted by Gasteiger charge is -2.02. The Bertz CT molecular complexity index is 233. The smallest absolute Gasteiger partial charge is 0.384 e. The zero-order chi connectivity index (χ0) is 13.5. The highest BCUT2D eigenvalue weighted by atomic mass is 79.9. The summed E-state index contributed by atoms with van der Waals surface area (Å²) in [5.74, 6) is 1.40. The molecule has 0 aromatic rings. The van der Waals surface area contributed by atoms with E-state index in [1.54, 1.807) is 0 Å². The van der Waals surface area contributed by atoms with Gasteiger partial charge in [-0.25, -0.2) is 4.79 Å². The lowest BCUT2D eigenvalue weighted by atomic mass is 10.1. The highest BCUT2D eigenvalue weighted by molar-refractivity contribution is 9.09. The molecule has 18 heavy (non-hydrogen) atoms. The first-order valence-electron chi connectivity index (χ1n) is 7.00. The number of carbonyl (C=O) groups excluding carboxylic acids is 1. The highest BCUT2D eigenvalue weighted by Crippen LogP contribution is 2.11. The molecule has 0 bridgehead atoms. The van der Waals surface area contributed by atoms with Crippen LogP contribution >= 0.6 is 15.9 Å². The van der Waals surface area contributed by atoms with Crippen LogP contribution in [0.5, 0.6) is 0 Å². The molecule has 0 unspecified atom stereocenters. The SMILES string of the molecule is C#CC(=O)OCCCCCCCCCCCCBr. The van der Waals surface area contributed by atoms with E-state index in [4.69, 9.17) is 11.2 Å². The zero-order valence-corrected chi connectivity index (χ0v) is 12.8. The van der Waals surface area contributed by atoms with Crippen LogP contribution < -0.4 is 0 Å². The number of rotatable bonds is 12. The number of esters is 1. The van der Waals surface area contributed by atoms with Crippen LogP contribution in [-0.2, 0) is 9.53 Å². The minimum Gasteiger partial charge on any atom is -0.456 e. The van der Waals surface area contributed by atoms with Gasteiger partial charge in [-0.15, -0.1) is 6.42 Å². The summed E-state index contributed by atoms with van der Waals surface area (Å²) in [6.45, 7) is 0.468. The van der Waals surface area contributed by atoms with Crippen molar-refractivity contribution in [2.75, 3.05) is 11.9 Å². The summed E-state index contributed by atoms with van der Waals surface area (Å²) in [4.78, 5) is 10.6. The van der Waals surface area contributed by atoms with Gasteiger partial charge in [0.15, 0.2) is 0 Å². The lowest BCUT2D eigenvalue weighted by Crippen LogP contribution is -2.02. The van der Waals surface area contributed by atoms with Crippen molar-refractivity contribution in [1.29, 1.82) is 0 Å². The van der Waals surface area contributed by atoms with Crippen LogP contribution in [0.25, 0.3) is 0 Å². The molecule has 0 saturated heterocycles. The molecule has 0 aliphatic carbocycles. The van der Waals surface area contributed by atoms with Gasteiger partial charge in [-0.3, -0.25) is 0 Å². The number of carbonyl (C=O) groups is 1. The summed E-state index contributed by atoms with van der Waals surface area (Å²) in [6, 6.07) is 0. The third-order valence-corrected chi connectivity index (χ3v) is 3.44. The molecule has 0 rings (SSSR count). The van der Waals surface area contributed by atoms with Gasteiger partial charge in [0, 0.05) is 11.3 Å². The van der Waals surface area contributed by atoms with Gasteiger partial charge in [0.05, 0.1) is 6.61 Å². The molecule has 0 aromatic carbocycles. The summed E-state index contributed by atoms with van der Waals surface area (Å²) < 4.78 is 4.79. The second kappa shape index (κ2) is 14.6. The Labute approximate surface area is 120 Å². The number of terminal acetylenes is 1. The van der Waals surface area contributed by atoms with E-state index in [9.17, 15) is 4.79 Å². The quantitative estimate of drug-likeness (QED) is 0.175. The largest absolute Gasteiger partial charge is 0.456 e. The maximum absolute atomic E-state index is 10.6. The third kappa shape index (κ3) is 13.6. The van der Waals surface area contributed by atoms with E-state index >= 15 is 0 Å². The Hall–Kier alpha value is -0.490. The van der Waals surface area contributed by atoms with Gasteiger partial charge >= 0.3 is 5.97 Å². The van der Waals surface area contributed by atoms with Crippen LogP contribution in [0, 0.1) is 12.3 Å². The number of alkyl halides is 1. The van der Waals surface area contributed by atoms with E-state index in [-0.39, 0.29) is 0 Å². The van der Waals surface area contributed by atoms with E-state index in [2.05, 4.69) is 15.9 Å². The van der Waals surface area contributed by atoms with Gasteiger partial charge in [0.2, 0.25) is 0 Å². The molecule has 0 aliphatic rings. The van der Waals surface area contributed by atoms with Gasteiger partial charge in [0.25, 0.3) is 0 Å². The molecule has 0 radical (unpaired) electrons. The molecule has 0 aliphatic heterocycles. The first-order chi connectivity index (χ1) is 8.81. The molecule has 0 saturated carbocycles. The maximum atomic E-state index is 10.6. The summed E-state index contributed by atoms with van der Waals surface area (Å²) >= 11 is 3.44. The molecular formula is C15H25BrO2. The average molecular weight is 317 g/mol. The summed E-state index contributed by atoms with van der Waals surface area (Å²) in [7, 11) is 0. The molecule has 0 amide bonds. The van der Waals surface area contributed by atoms with Crippen LogP contribution in [0.1, 0.15) is 64.2 Å². The van der Waals surface area contributed by atoms with E-state index < -0.39 is 5.97 Å². The Morgan fingerprint density at radius 3 is 1.78 bits per heavy atom. The fourth-order valence-corrected chi connectivity index (χ4v) is 2.21. The second-order valence-electron chi connectivity index (χ2n) is 4.50. The summed E-state index contributed by atoms with van der Waals surface area (Å²) in [6.07, 6.45) is 17.5. The van der Waals surface area contributed by atoms with Crippen LogP contribution in [0.2, 0.25) is 0 Å². The normalized spacial score (nSPS) is 10.0. The van der Waals surface area contributed by atoms with Crippen molar-refractivity contribution in [3.05, 3.63) is 0 Å². The van der Waals surface area contributed by atoms with Crippen molar-refractivity contribution >= 4 is 21.9 Å². The molecule has 104 valence electrons. The van der Waals surface area contributed by atoms with Crippen molar-refractivity contribution < 1.29 is 9.53 Å². The molecule has 3 heteroatoms. The molecule has 0 spiro atoms. The Balaban J connectivity index is 2.99. The molecule has 0 atom stereocenters. The second-order valence-corrected chi connectivity index (χ2v) is 5.30. The highest BCUT2D eigenvalue weighted by Gasteiger charge is 1.96. The van der Waals surface area contributed by atoms with Crippen molar-refractivity contribution in [1.82, 2.24) is 0 Å². The Morgan fingerprint density at radius 2 is 1.33 bits per heavy atom. The van der Waals surface area contributed by atoms with Gasteiger partial charge in [-0.2, -0.15) is 0 Å². The van der Waals surface area contributed by atoms with Crippen LogP contribution in [0.4, 0.5) is 0 Å². The van der Waals surface area contributed by atoms with Crippen LogP contribution in [-0.4, -0.2) is 17.9 Å². The number of hydrogen-bond acceptors (Lipinski definition) is 2. The number of unbranched alkanes of at least 4 members (excludes halogenated alkanes) is 9. The van der Waals surface area contributed by atoms with Crippen LogP contribution in [0.3, 0.4) is 0 Å². The van der Waals surface area contributed by atoms with E-state index in [1.807, 2.05) is 5.92 Å². The van der Waals surface area contributed by atoms with Crippen molar-refractivity contribution in [3.8, 4) is 12.3 Å². The standard InChI is InChI=1S/C15H25BrO2/c1-2-15(17)18-14-12-10-8-6-4-3-5-7-9-11-13-16/h1H,3-14H2. The number of hydrogen-bond donors (Lipinski definition) is 0. The number of ether oxygens (including phenoxy) is 1. The Kier molecular flexibility index (Phi) is 14.2. The van der Waals surface area contributed by atoms with E-state index in [0.29, 0.717) is 6.61 Å². The minimum absolute atomic E-state index is 0.468.